The fourth-order valence-electron chi connectivity index (χ4n) is 2.42. The Morgan fingerprint density at radius 3 is 3.17 bits per heavy atom. The van der Waals surface area contributed by atoms with Crippen LogP contribution in [0.3, 0.4) is 0 Å². The Balaban J connectivity index is 1.84. The van der Waals surface area contributed by atoms with Crippen molar-refractivity contribution in [2.75, 3.05) is 0 Å². The number of thiophene rings is 1. The molecule has 18 heavy (non-hydrogen) atoms. The van der Waals surface area contributed by atoms with Crippen molar-refractivity contribution in [3.63, 3.8) is 0 Å². The lowest BCUT2D eigenvalue weighted by atomic mass is 10.1. The van der Waals surface area contributed by atoms with E-state index in [4.69, 9.17) is 0 Å². The molecule has 3 nitrogen and oxygen atoms in total. The standard InChI is InChI=1S/C14H16N2OS/c1-2-6-16-9-11(8-15-16)14(17)13-7-10-4-3-5-12(10)18-13/h7-9H,2-6H2,1H3. The molecule has 1 aliphatic carbocycles. The van der Waals surface area contributed by atoms with Gasteiger partial charge < -0.3 is 0 Å². The molecule has 0 radical (unpaired) electrons. The minimum atomic E-state index is 0.122. The molecule has 2 aromatic rings. The predicted molar refractivity (Wildman–Crippen MR) is 72.3 cm³/mol. The van der Waals surface area contributed by atoms with Crippen LogP contribution in [-0.4, -0.2) is 15.6 Å². The van der Waals surface area contributed by atoms with Crippen molar-refractivity contribution in [1.82, 2.24) is 9.78 Å². The summed E-state index contributed by atoms with van der Waals surface area (Å²) in [4.78, 5) is 14.6. The minimum Gasteiger partial charge on any atom is -0.288 e. The lowest BCUT2D eigenvalue weighted by Gasteiger charge is -1.95. The van der Waals surface area contributed by atoms with E-state index in [-0.39, 0.29) is 5.78 Å². The molecule has 0 spiro atoms. The summed E-state index contributed by atoms with van der Waals surface area (Å²) in [5.74, 6) is 0.122. The van der Waals surface area contributed by atoms with Crippen LogP contribution in [0, 0.1) is 0 Å². The van der Waals surface area contributed by atoms with E-state index in [1.165, 1.54) is 16.9 Å². The monoisotopic (exact) mass is 260 g/mol. The second-order valence-electron chi connectivity index (χ2n) is 4.73. The summed E-state index contributed by atoms with van der Waals surface area (Å²) in [6.45, 7) is 2.97. The molecule has 0 unspecified atom stereocenters. The van der Waals surface area contributed by atoms with Crippen molar-refractivity contribution in [1.29, 1.82) is 0 Å². The second kappa shape index (κ2) is 4.69. The van der Waals surface area contributed by atoms with Crippen LogP contribution in [0.4, 0.5) is 0 Å². The van der Waals surface area contributed by atoms with Gasteiger partial charge in [0.15, 0.2) is 0 Å². The van der Waals surface area contributed by atoms with Crippen LogP contribution in [-0.2, 0) is 19.4 Å². The third kappa shape index (κ3) is 2.01. The Bertz CT molecular complexity index is 561. The summed E-state index contributed by atoms with van der Waals surface area (Å²) in [5, 5.41) is 4.22. The minimum absolute atomic E-state index is 0.122. The maximum absolute atomic E-state index is 12.3. The summed E-state index contributed by atoms with van der Waals surface area (Å²) in [5.41, 5.74) is 2.09. The summed E-state index contributed by atoms with van der Waals surface area (Å²) in [6, 6.07) is 2.08. The van der Waals surface area contributed by atoms with Gasteiger partial charge in [0.1, 0.15) is 0 Å². The van der Waals surface area contributed by atoms with Crippen LogP contribution in [0.2, 0.25) is 0 Å². The van der Waals surface area contributed by atoms with E-state index in [0.717, 1.165) is 30.7 Å². The zero-order valence-electron chi connectivity index (χ0n) is 10.5. The smallest absolute Gasteiger partial charge is 0.206 e. The number of fused-ring (bicyclic) bond motifs is 1. The molecule has 94 valence electrons. The van der Waals surface area contributed by atoms with Crippen molar-refractivity contribution in [3.05, 3.63) is 39.3 Å². The van der Waals surface area contributed by atoms with E-state index in [0.29, 0.717) is 5.56 Å². The van der Waals surface area contributed by atoms with Gasteiger partial charge in [-0.2, -0.15) is 5.10 Å². The number of nitrogens with zero attached hydrogens (tertiary/aromatic N) is 2. The highest BCUT2D eigenvalue weighted by molar-refractivity contribution is 7.14. The van der Waals surface area contributed by atoms with E-state index < -0.39 is 0 Å². The van der Waals surface area contributed by atoms with Gasteiger partial charge in [-0.1, -0.05) is 6.92 Å². The third-order valence-corrected chi connectivity index (χ3v) is 4.55. The second-order valence-corrected chi connectivity index (χ2v) is 5.87. The van der Waals surface area contributed by atoms with Crippen molar-refractivity contribution in [2.45, 2.75) is 39.2 Å². The molecule has 0 bridgehead atoms. The molecule has 1 aliphatic rings. The largest absolute Gasteiger partial charge is 0.288 e. The predicted octanol–water partition coefficient (Wildman–Crippen LogP) is 3.07. The molecule has 2 heterocycles. The van der Waals surface area contributed by atoms with Crippen molar-refractivity contribution in [3.8, 4) is 0 Å². The highest BCUT2D eigenvalue weighted by Gasteiger charge is 2.20. The van der Waals surface area contributed by atoms with E-state index >= 15 is 0 Å². The summed E-state index contributed by atoms with van der Waals surface area (Å²) < 4.78 is 1.84. The Morgan fingerprint density at radius 1 is 1.50 bits per heavy atom. The molecule has 0 saturated carbocycles. The first-order chi connectivity index (χ1) is 8.78. The summed E-state index contributed by atoms with van der Waals surface area (Å²) in [6.07, 6.45) is 8.09. The first kappa shape index (κ1) is 11.7. The molecule has 0 atom stereocenters. The topological polar surface area (TPSA) is 34.9 Å². The number of hydrogen-bond donors (Lipinski definition) is 0. The molecule has 0 fully saturated rings. The van der Waals surface area contributed by atoms with Gasteiger partial charge in [0.25, 0.3) is 0 Å². The molecular weight excluding hydrogens is 244 g/mol. The van der Waals surface area contributed by atoms with Crippen molar-refractivity contribution < 1.29 is 4.79 Å². The van der Waals surface area contributed by atoms with E-state index in [9.17, 15) is 4.79 Å². The fraction of sp³-hybridized carbons (Fsp3) is 0.429. The number of aromatic nitrogens is 2. The molecule has 0 aromatic carbocycles. The normalized spacial score (nSPS) is 13.8. The molecule has 0 amide bonds. The van der Waals surface area contributed by atoms with E-state index in [1.54, 1.807) is 17.5 Å². The van der Waals surface area contributed by atoms with Gasteiger partial charge in [-0.25, -0.2) is 0 Å². The molecule has 3 rings (SSSR count). The van der Waals surface area contributed by atoms with Gasteiger partial charge >= 0.3 is 0 Å². The molecule has 4 heteroatoms. The molecule has 0 aliphatic heterocycles. The molecule has 0 N–H and O–H groups in total. The Morgan fingerprint density at radius 2 is 2.39 bits per heavy atom. The van der Waals surface area contributed by atoms with Gasteiger partial charge in [0, 0.05) is 17.6 Å². The van der Waals surface area contributed by atoms with Gasteiger partial charge in [0.05, 0.1) is 16.6 Å². The molecular formula is C14H16N2OS. The maximum atomic E-state index is 12.3. The van der Waals surface area contributed by atoms with Gasteiger partial charge in [0.2, 0.25) is 5.78 Å². The first-order valence-corrected chi connectivity index (χ1v) is 7.28. The quantitative estimate of drug-likeness (QED) is 0.792. The number of hydrogen-bond acceptors (Lipinski definition) is 3. The van der Waals surface area contributed by atoms with Gasteiger partial charge in [-0.15, -0.1) is 11.3 Å². The molecule has 0 saturated heterocycles. The lowest BCUT2D eigenvalue weighted by Crippen LogP contribution is -1.98. The van der Waals surface area contributed by atoms with Gasteiger partial charge in [-0.05, 0) is 37.3 Å². The number of carbonyl (C=O) groups excluding carboxylic acids is 1. The summed E-state index contributed by atoms with van der Waals surface area (Å²) >= 11 is 1.66. The highest BCUT2D eigenvalue weighted by Crippen LogP contribution is 2.31. The fourth-order valence-corrected chi connectivity index (χ4v) is 3.63. The SMILES string of the molecule is CCCn1cc(C(=O)c2cc3c(s2)CCC3)cn1. The Hall–Kier alpha value is -1.42. The van der Waals surface area contributed by atoms with Crippen LogP contribution in [0.5, 0.6) is 0 Å². The Kier molecular flexibility index (Phi) is 3.04. The maximum Gasteiger partial charge on any atom is 0.206 e. The highest BCUT2D eigenvalue weighted by atomic mass is 32.1. The van der Waals surface area contributed by atoms with E-state index in [2.05, 4.69) is 18.1 Å². The van der Waals surface area contributed by atoms with Crippen LogP contribution in [0.1, 0.15) is 45.4 Å². The zero-order chi connectivity index (χ0) is 12.5. The lowest BCUT2D eigenvalue weighted by molar-refractivity contribution is 0.104. The number of carbonyl (C=O) groups is 1. The van der Waals surface area contributed by atoms with Crippen molar-refractivity contribution in [2.24, 2.45) is 0 Å². The number of ketones is 1. The number of rotatable bonds is 4. The summed E-state index contributed by atoms with van der Waals surface area (Å²) in [7, 11) is 0. The van der Waals surface area contributed by atoms with Crippen molar-refractivity contribution >= 4 is 17.1 Å². The van der Waals surface area contributed by atoms with E-state index in [1.807, 2.05) is 10.9 Å². The average Bonchev–Trinajstić information content (AvgIpc) is 3.02. The number of aryl methyl sites for hydroxylation is 3. The first-order valence-electron chi connectivity index (χ1n) is 6.46. The average molecular weight is 260 g/mol. The third-order valence-electron chi connectivity index (χ3n) is 3.32. The zero-order valence-corrected chi connectivity index (χ0v) is 11.3. The molecule has 2 aromatic heterocycles. The van der Waals surface area contributed by atoms with Crippen LogP contribution < -0.4 is 0 Å². The van der Waals surface area contributed by atoms with Crippen LogP contribution in [0.25, 0.3) is 0 Å². The Labute approximate surface area is 110 Å². The van der Waals surface area contributed by atoms with Crippen LogP contribution in [0.15, 0.2) is 18.5 Å². The van der Waals surface area contributed by atoms with Gasteiger partial charge in [-0.3, -0.25) is 9.48 Å². The van der Waals surface area contributed by atoms with Crippen LogP contribution >= 0.6 is 11.3 Å².